The van der Waals surface area contributed by atoms with Gasteiger partial charge in [-0.05, 0) is 64.6 Å². The summed E-state index contributed by atoms with van der Waals surface area (Å²) in [6, 6.07) is 4.29. The van der Waals surface area contributed by atoms with Crippen LogP contribution in [0.1, 0.15) is 51.5 Å². The van der Waals surface area contributed by atoms with Crippen molar-refractivity contribution in [1.82, 2.24) is 4.98 Å². The zero-order chi connectivity index (χ0) is 15.0. The zero-order valence-corrected chi connectivity index (χ0v) is 15.8. The third-order valence-electron chi connectivity index (χ3n) is 4.88. The number of rotatable bonds is 3. The Morgan fingerprint density at radius 3 is 2.60 bits per heavy atom. The van der Waals surface area contributed by atoms with Crippen molar-refractivity contribution >= 4 is 24.2 Å². The van der Waals surface area contributed by atoms with Gasteiger partial charge in [-0.2, -0.15) is 0 Å². The summed E-state index contributed by atoms with van der Waals surface area (Å²) < 4.78 is 7.60. The zero-order valence-electron chi connectivity index (χ0n) is 13.2. The van der Waals surface area contributed by atoms with Gasteiger partial charge in [-0.15, -0.1) is 0 Å². The second-order valence-electron chi connectivity index (χ2n) is 7.37. The quantitative estimate of drug-likeness (QED) is 0.527. The highest BCUT2D eigenvalue weighted by Crippen LogP contribution is 2.43. The van der Waals surface area contributed by atoms with E-state index in [-0.39, 0.29) is 5.04 Å². The van der Waals surface area contributed by atoms with Gasteiger partial charge in [0.05, 0.1) is 6.10 Å². The monoisotopic (exact) mass is 355 g/mol. The molecule has 1 aromatic rings. The predicted octanol–water partition coefficient (Wildman–Crippen LogP) is 5.50. The molecule has 0 unspecified atom stereocenters. The van der Waals surface area contributed by atoms with Gasteiger partial charge in [-0.25, -0.2) is 4.98 Å². The molecule has 1 aliphatic rings. The minimum absolute atomic E-state index is 0.277. The van der Waals surface area contributed by atoms with Gasteiger partial charge in [-0.1, -0.05) is 27.2 Å². The molecule has 0 amide bonds. The van der Waals surface area contributed by atoms with Gasteiger partial charge in [0, 0.05) is 12.1 Å². The molecule has 0 N–H and O–H groups in total. The topological polar surface area (TPSA) is 22.1 Å². The van der Waals surface area contributed by atoms with Crippen LogP contribution in [0.2, 0.25) is 18.1 Å². The Morgan fingerprint density at radius 1 is 1.30 bits per heavy atom. The fourth-order valence-corrected chi connectivity index (χ4v) is 4.43. The van der Waals surface area contributed by atoms with Crippen molar-refractivity contribution in [3.05, 3.63) is 28.5 Å². The standard InChI is InChI=1S/C16H26BrNOSi/c1-16(2,3)20(4,5)19-14-8-6-7-13(14)12-9-10-18-15(17)11-12/h9-11,13-14H,6-8H2,1-5H3/t13-,14+/m1/s1. The molecule has 1 heterocycles. The molecule has 20 heavy (non-hydrogen) atoms. The molecule has 0 bridgehead atoms. The molecule has 0 aliphatic heterocycles. The summed E-state index contributed by atoms with van der Waals surface area (Å²) in [6.45, 7) is 11.6. The van der Waals surface area contributed by atoms with Gasteiger partial charge in [0.25, 0.3) is 0 Å². The molecule has 0 aromatic carbocycles. The maximum absolute atomic E-state index is 6.67. The Bertz CT molecular complexity index is 470. The van der Waals surface area contributed by atoms with Crippen molar-refractivity contribution < 1.29 is 4.43 Å². The fraction of sp³-hybridized carbons (Fsp3) is 0.688. The highest BCUT2D eigenvalue weighted by molar-refractivity contribution is 9.10. The van der Waals surface area contributed by atoms with E-state index in [1.165, 1.54) is 24.8 Å². The van der Waals surface area contributed by atoms with Gasteiger partial charge in [0.15, 0.2) is 8.32 Å². The first-order valence-corrected chi connectivity index (χ1v) is 11.2. The van der Waals surface area contributed by atoms with Crippen LogP contribution in [0.4, 0.5) is 0 Å². The summed E-state index contributed by atoms with van der Waals surface area (Å²) in [5.74, 6) is 0.531. The summed E-state index contributed by atoms with van der Waals surface area (Å²) in [7, 11) is -1.69. The number of aromatic nitrogens is 1. The summed E-state index contributed by atoms with van der Waals surface area (Å²) >= 11 is 3.48. The maximum Gasteiger partial charge on any atom is 0.192 e. The lowest BCUT2D eigenvalue weighted by Gasteiger charge is -2.40. The van der Waals surface area contributed by atoms with E-state index in [1.54, 1.807) is 0 Å². The first kappa shape index (κ1) is 16.2. The number of halogens is 1. The summed E-state index contributed by atoms with van der Waals surface area (Å²) in [4.78, 5) is 4.23. The highest BCUT2D eigenvalue weighted by atomic mass is 79.9. The summed E-state index contributed by atoms with van der Waals surface area (Å²) in [5.41, 5.74) is 1.37. The molecular formula is C16H26BrNOSi. The van der Waals surface area contributed by atoms with Crippen LogP contribution in [-0.2, 0) is 4.43 Å². The summed E-state index contributed by atoms with van der Waals surface area (Å²) in [6.07, 6.45) is 5.96. The van der Waals surface area contributed by atoms with Crippen molar-refractivity contribution in [2.75, 3.05) is 0 Å². The molecule has 1 aliphatic carbocycles. The Balaban J connectivity index is 2.16. The molecule has 2 rings (SSSR count). The van der Waals surface area contributed by atoms with Gasteiger partial charge in [0.2, 0.25) is 0 Å². The third kappa shape index (κ3) is 3.52. The number of hydrogen-bond acceptors (Lipinski definition) is 2. The molecule has 0 saturated heterocycles. The van der Waals surface area contributed by atoms with Crippen molar-refractivity contribution in [2.45, 2.75) is 70.2 Å². The largest absolute Gasteiger partial charge is 0.413 e. The summed E-state index contributed by atoms with van der Waals surface area (Å²) in [5, 5.41) is 0.277. The van der Waals surface area contributed by atoms with E-state index in [2.05, 4.69) is 66.9 Å². The molecule has 1 fully saturated rings. The lowest BCUT2D eigenvalue weighted by Crippen LogP contribution is -2.44. The normalized spacial score (nSPS) is 24.1. The predicted molar refractivity (Wildman–Crippen MR) is 90.6 cm³/mol. The molecule has 0 radical (unpaired) electrons. The van der Waals surface area contributed by atoms with E-state index < -0.39 is 8.32 Å². The molecule has 1 aromatic heterocycles. The van der Waals surface area contributed by atoms with Crippen molar-refractivity contribution in [3.8, 4) is 0 Å². The van der Waals surface area contributed by atoms with Crippen LogP contribution in [0.25, 0.3) is 0 Å². The van der Waals surface area contributed by atoms with Gasteiger partial charge in [-0.3, -0.25) is 0 Å². The lowest BCUT2D eigenvalue weighted by atomic mass is 9.97. The van der Waals surface area contributed by atoms with Crippen molar-refractivity contribution in [1.29, 1.82) is 0 Å². The Morgan fingerprint density at radius 2 is 2.00 bits per heavy atom. The Kier molecular flexibility index (Phi) is 4.77. The van der Waals surface area contributed by atoms with Crippen LogP contribution in [0.15, 0.2) is 22.9 Å². The second kappa shape index (κ2) is 5.89. The van der Waals surface area contributed by atoms with Gasteiger partial charge in [0.1, 0.15) is 4.60 Å². The van der Waals surface area contributed by atoms with E-state index >= 15 is 0 Å². The van der Waals surface area contributed by atoms with E-state index in [9.17, 15) is 0 Å². The van der Waals surface area contributed by atoms with Gasteiger partial charge < -0.3 is 4.43 Å². The Labute approximate surface area is 132 Å². The fourth-order valence-electron chi connectivity index (χ4n) is 2.65. The second-order valence-corrected chi connectivity index (χ2v) is 12.9. The Hall–Kier alpha value is -0.193. The lowest BCUT2D eigenvalue weighted by molar-refractivity contribution is 0.170. The molecule has 2 nitrogen and oxygen atoms in total. The molecule has 4 heteroatoms. The SMILES string of the molecule is CC(C)(C)[Si](C)(C)O[C@H]1CCC[C@@H]1c1ccnc(Br)c1. The maximum atomic E-state index is 6.67. The smallest absolute Gasteiger partial charge is 0.192 e. The highest BCUT2D eigenvalue weighted by Gasteiger charge is 2.42. The minimum Gasteiger partial charge on any atom is -0.413 e. The molecule has 1 saturated carbocycles. The average Bonchev–Trinajstić information content (AvgIpc) is 2.74. The van der Waals surface area contributed by atoms with Gasteiger partial charge >= 0.3 is 0 Å². The number of pyridine rings is 1. The first-order valence-electron chi connectivity index (χ1n) is 7.50. The molecule has 0 spiro atoms. The van der Waals surface area contributed by atoms with Crippen LogP contribution >= 0.6 is 15.9 Å². The van der Waals surface area contributed by atoms with Crippen LogP contribution in [0.3, 0.4) is 0 Å². The van der Waals surface area contributed by atoms with Crippen molar-refractivity contribution in [2.24, 2.45) is 0 Å². The van der Waals surface area contributed by atoms with Crippen LogP contribution in [0, 0.1) is 0 Å². The minimum atomic E-state index is -1.69. The van der Waals surface area contributed by atoms with E-state index in [4.69, 9.17) is 4.43 Å². The number of hydrogen-bond donors (Lipinski definition) is 0. The van der Waals surface area contributed by atoms with E-state index in [0.717, 1.165) is 4.60 Å². The molecular weight excluding hydrogens is 330 g/mol. The molecule has 112 valence electrons. The number of nitrogens with zero attached hydrogens (tertiary/aromatic N) is 1. The van der Waals surface area contributed by atoms with Crippen LogP contribution < -0.4 is 0 Å². The first-order chi connectivity index (χ1) is 9.21. The van der Waals surface area contributed by atoms with Crippen LogP contribution in [-0.4, -0.2) is 19.4 Å². The van der Waals surface area contributed by atoms with Crippen molar-refractivity contribution in [3.63, 3.8) is 0 Å². The third-order valence-corrected chi connectivity index (χ3v) is 9.82. The van der Waals surface area contributed by atoms with E-state index in [1.807, 2.05) is 6.20 Å². The van der Waals surface area contributed by atoms with Crippen LogP contribution in [0.5, 0.6) is 0 Å². The molecule has 2 atom stereocenters. The van der Waals surface area contributed by atoms with E-state index in [0.29, 0.717) is 12.0 Å². The average molecular weight is 356 g/mol.